The van der Waals surface area contributed by atoms with E-state index in [4.69, 9.17) is 14.9 Å². The first-order valence-electron chi connectivity index (χ1n) is 5.97. The van der Waals surface area contributed by atoms with Crippen molar-refractivity contribution in [2.45, 2.75) is 31.4 Å². The number of urea groups is 1. The van der Waals surface area contributed by atoms with Gasteiger partial charge in [-0.25, -0.2) is 9.59 Å². The van der Waals surface area contributed by atoms with E-state index in [1.807, 2.05) is 0 Å². The fourth-order valence-corrected chi connectivity index (χ4v) is 1.91. The van der Waals surface area contributed by atoms with Crippen molar-refractivity contribution in [2.24, 2.45) is 0 Å². The SMILES string of the molecule is COC1CCN(C(=O)NC(CC(=O)O)C(=O)O)CC1. The molecular weight excluding hydrogens is 256 g/mol. The lowest BCUT2D eigenvalue weighted by molar-refractivity contribution is -0.145. The first kappa shape index (κ1) is 15.2. The van der Waals surface area contributed by atoms with Crippen LogP contribution in [0.5, 0.6) is 0 Å². The van der Waals surface area contributed by atoms with E-state index in [2.05, 4.69) is 5.32 Å². The monoisotopic (exact) mass is 274 g/mol. The van der Waals surface area contributed by atoms with Crippen LogP contribution in [0, 0.1) is 0 Å². The Balaban J connectivity index is 2.48. The highest BCUT2D eigenvalue weighted by atomic mass is 16.5. The van der Waals surface area contributed by atoms with Crippen LogP contribution in [0.25, 0.3) is 0 Å². The molecule has 0 bridgehead atoms. The maximum atomic E-state index is 11.8. The Morgan fingerprint density at radius 2 is 1.89 bits per heavy atom. The summed E-state index contributed by atoms with van der Waals surface area (Å²) >= 11 is 0. The number of hydrogen-bond donors (Lipinski definition) is 3. The molecule has 0 spiro atoms. The van der Waals surface area contributed by atoms with Crippen LogP contribution in [-0.4, -0.2) is 65.4 Å². The van der Waals surface area contributed by atoms with Crippen molar-refractivity contribution in [3.05, 3.63) is 0 Å². The van der Waals surface area contributed by atoms with Gasteiger partial charge in [0.1, 0.15) is 6.04 Å². The molecule has 1 fully saturated rings. The van der Waals surface area contributed by atoms with Crippen molar-refractivity contribution in [2.75, 3.05) is 20.2 Å². The van der Waals surface area contributed by atoms with E-state index in [1.54, 1.807) is 7.11 Å². The molecular formula is C11H18N2O6. The molecule has 1 unspecified atom stereocenters. The minimum absolute atomic E-state index is 0.110. The topological polar surface area (TPSA) is 116 Å². The molecule has 1 heterocycles. The number of hydrogen-bond acceptors (Lipinski definition) is 4. The van der Waals surface area contributed by atoms with Crippen LogP contribution in [0.1, 0.15) is 19.3 Å². The highest BCUT2D eigenvalue weighted by Crippen LogP contribution is 2.13. The van der Waals surface area contributed by atoms with Gasteiger partial charge < -0.3 is 25.2 Å². The number of amides is 2. The van der Waals surface area contributed by atoms with Crippen LogP contribution in [0.3, 0.4) is 0 Å². The first-order valence-corrected chi connectivity index (χ1v) is 5.97. The number of carboxylic acid groups (broad SMARTS) is 2. The maximum Gasteiger partial charge on any atom is 0.326 e. The molecule has 8 nitrogen and oxygen atoms in total. The Morgan fingerprint density at radius 3 is 2.32 bits per heavy atom. The highest BCUT2D eigenvalue weighted by Gasteiger charge is 2.27. The van der Waals surface area contributed by atoms with Gasteiger partial charge in [0.25, 0.3) is 0 Å². The number of carboxylic acids is 2. The molecule has 3 N–H and O–H groups in total. The van der Waals surface area contributed by atoms with Crippen molar-refractivity contribution < 1.29 is 29.3 Å². The third-order valence-electron chi connectivity index (χ3n) is 3.04. The number of carbonyl (C=O) groups excluding carboxylic acids is 1. The predicted octanol–water partition coefficient (Wildman–Crippen LogP) is -0.265. The van der Waals surface area contributed by atoms with Crippen LogP contribution >= 0.6 is 0 Å². The van der Waals surface area contributed by atoms with Crippen molar-refractivity contribution in [3.8, 4) is 0 Å². The lowest BCUT2D eigenvalue weighted by atomic mass is 10.1. The summed E-state index contributed by atoms with van der Waals surface area (Å²) in [5.74, 6) is -2.63. The minimum atomic E-state index is -1.41. The minimum Gasteiger partial charge on any atom is -0.481 e. The summed E-state index contributed by atoms with van der Waals surface area (Å²) < 4.78 is 5.16. The normalized spacial score (nSPS) is 17.8. The average Bonchev–Trinajstić information content (AvgIpc) is 2.37. The quantitative estimate of drug-likeness (QED) is 0.635. The van der Waals surface area contributed by atoms with Gasteiger partial charge in [-0.15, -0.1) is 0 Å². The predicted molar refractivity (Wildman–Crippen MR) is 63.8 cm³/mol. The zero-order valence-corrected chi connectivity index (χ0v) is 10.7. The first-order chi connectivity index (χ1) is 8.93. The molecule has 0 radical (unpaired) electrons. The summed E-state index contributed by atoms with van der Waals surface area (Å²) in [6.45, 7) is 0.924. The van der Waals surface area contributed by atoms with Crippen LogP contribution < -0.4 is 5.32 Å². The van der Waals surface area contributed by atoms with Crippen LogP contribution in [-0.2, 0) is 14.3 Å². The smallest absolute Gasteiger partial charge is 0.326 e. The van der Waals surface area contributed by atoms with E-state index < -0.39 is 30.4 Å². The second kappa shape index (κ2) is 6.93. The molecule has 2 amide bonds. The number of methoxy groups -OCH3 is 1. The van der Waals surface area contributed by atoms with E-state index >= 15 is 0 Å². The molecule has 1 aliphatic heterocycles. The summed E-state index contributed by atoms with van der Waals surface area (Å²) in [5, 5.41) is 19.6. The molecule has 19 heavy (non-hydrogen) atoms. The molecule has 1 atom stereocenters. The summed E-state index contributed by atoms with van der Waals surface area (Å²) in [6.07, 6.45) is 0.829. The standard InChI is InChI=1S/C11H18N2O6/c1-19-7-2-4-13(5-3-7)11(18)12-8(10(16)17)6-9(14)15/h7-8H,2-6H2,1H3,(H,12,18)(H,14,15)(H,16,17). The van der Waals surface area contributed by atoms with Crippen LogP contribution in [0.4, 0.5) is 4.79 Å². The number of ether oxygens (including phenoxy) is 1. The van der Waals surface area contributed by atoms with E-state index in [1.165, 1.54) is 4.90 Å². The van der Waals surface area contributed by atoms with Gasteiger partial charge in [0.05, 0.1) is 12.5 Å². The lowest BCUT2D eigenvalue weighted by Gasteiger charge is -2.31. The molecule has 0 aromatic carbocycles. The Morgan fingerprint density at radius 1 is 1.32 bits per heavy atom. The molecule has 0 aromatic rings. The third-order valence-corrected chi connectivity index (χ3v) is 3.04. The van der Waals surface area contributed by atoms with Gasteiger partial charge in [-0.3, -0.25) is 4.79 Å². The molecule has 0 aromatic heterocycles. The summed E-state index contributed by atoms with van der Waals surface area (Å²) in [5.41, 5.74) is 0. The van der Waals surface area contributed by atoms with E-state index in [-0.39, 0.29) is 6.10 Å². The molecule has 1 saturated heterocycles. The van der Waals surface area contributed by atoms with Crippen molar-refractivity contribution in [1.29, 1.82) is 0 Å². The van der Waals surface area contributed by atoms with E-state index in [9.17, 15) is 14.4 Å². The highest BCUT2D eigenvalue weighted by molar-refractivity contribution is 5.86. The van der Waals surface area contributed by atoms with E-state index in [0.29, 0.717) is 25.9 Å². The Hall–Kier alpha value is -1.83. The largest absolute Gasteiger partial charge is 0.481 e. The third kappa shape index (κ3) is 4.74. The zero-order chi connectivity index (χ0) is 14.4. The Kier molecular flexibility index (Phi) is 5.56. The van der Waals surface area contributed by atoms with Gasteiger partial charge in [-0.05, 0) is 12.8 Å². The average molecular weight is 274 g/mol. The number of rotatable bonds is 5. The molecule has 0 aliphatic carbocycles. The maximum absolute atomic E-state index is 11.8. The number of aliphatic carboxylic acids is 2. The van der Waals surface area contributed by atoms with Gasteiger partial charge in [0.2, 0.25) is 0 Å². The molecule has 8 heteroatoms. The number of nitrogens with zero attached hydrogens (tertiary/aromatic N) is 1. The number of nitrogens with one attached hydrogen (secondary N) is 1. The van der Waals surface area contributed by atoms with Gasteiger partial charge in [0.15, 0.2) is 0 Å². The second-order valence-electron chi connectivity index (χ2n) is 4.36. The molecule has 1 aliphatic rings. The Bertz CT molecular complexity index is 351. The number of carbonyl (C=O) groups is 3. The van der Waals surface area contributed by atoms with Crippen molar-refractivity contribution >= 4 is 18.0 Å². The fraction of sp³-hybridized carbons (Fsp3) is 0.727. The van der Waals surface area contributed by atoms with Crippen molar-refractivity contribution in [3.63, 3.8) is 0 Å². The summed E-state index contributed by atoms with van der Waals surface area (Å²) in [7, 11) is 1.60. The number of piperidine rings is 1. The van der Waals surface area contributed by atoms with Gasteiger partial charge in [0, 0.05) is 20.2 Å². The molecule has 1 rings (SSSR count). The van der Waals surface area contributed by atoms with Gasteiger partial charge in [-0.1, -0.05) is 0 Å². The Labute approximate surface area is 110 Å². The zero-order valence-electron chi connectivity index (χ0n) is 10.7. The molecule has 108 valence electrons. The van der Waals surface area contributed by atoms with Gasteiger partial charge in [-0.2, -0.15) is 0 Å². The second-order valence-corrected chi connectivity index (χ2v) is 4.36. The lowest BCUT2D eigenvalue weighted by Crippen LogP contribution is -2.51. The van der Waals surface area contributed by atoms with Crippen molar-refractivity contribution in [1.82, 2.24) is 10.2 Å². The van der Waals surface area contributed by atoms with Gasteiger partial charge >= 0.3 is 18.0 Å². The fourth-order valence-electron chi connectivity index (χ4n) is 1.91. The van der Waals surface area contributed by atoms with E-state index in [0.717, 1.165) is 0 Å². The number of likely N-dealkylation sites (tertiary alicyclic amines) is 1. The van der Waals surface area contributed by atoms with Crippen LogP contribution in [0.2, 0.25) is 0 Å². The summed E-state index contributed by atoms with van der Waals surface area (Å²) in [6, 6.07) is -1.96. The molecule has 0 saturated carbocycles. The van der Waals surface area contributed by atoms with Crippen LogP contribution in [0.15, 0.2) is 0 Å². The summed E-state index contributed by atoms with van der Waals surface area (Å²) in [4.78, 5) is 34.6.